The molecule has 0 bridgehead atoms. The van der Waals surface area contributed by atoms with Crippen LogP contribution in [0.4, 0.5) is 4.39 Å². The number of carbonyl (C=O) groups is 2. The minimum Gasteiger partial charge on any atom is -0.497 e. The number of amides is 2. The summed E-state index contributed by atoms with van der Waals surface area (Å²) in [6.45, 7) is 1.06. The van der Waals surface area contributed by atoms with Crippen LogP contribution < -0.4 is 19.5 Å². The van der Waals surface area contributed by atoms with Crippen molar-refractivity contribution in [1.82, 2.24) is 10.2 Å². The van der Waals surface area contributed by atoms with Gasteiger partial charge in [-0.3, -0.25) is 9.59 Å². The highest BCUT2D eigenvalue weighted by Gasteiger charge is 2.41. The smallest absolute Gasteiger partial charge is 0.254 e. The average molecular weight is 477 g/mol. The van der Waals surface area contributed by atoms with E-state index in [-0.39, 0.29) is 43.4 Å². The lowest BCUT2D eigenvalue weighted by Gasteiger charge is -2.18. The first-order valence-corrected chi connectivity index (χ1v) is 11.4. The van der Waals surface area contributed by atoms with Crippen molar-refractivity contribution in [3.8, 4) is 17.2 Å². The molecule has 2 heterocycles. The van der Waals surface area contributed by atoms with Crippen LogP contribution in [0.1, 0.15) is 27.4 Å². The van der Waals surface area contributed by atoms with Gasteiger partial charge >= 0.3 is 0 Å². The molecule has 180 valence electrons. The van der Waals surface area contributed by atoms with E-state index in [1.165, 1.54) is 12.1 Å². The van der Waals surface area contributed by atoms with Gasteiger partial charge in [0.15, 0.2) is 11.5 Å². The van der Waals surface area contributed by atoms with Crippen molar-refractivity contribution < 1.29 is 28.2 Å². The predicted octanol–water partition coefficient (Wildman–Crippen LogP) is 3.74. The van der Waals surface area contributed by atoms with E-state index in [9.17, 15) is 14.0 Å². The minimum absolute atomic E-state index is 0.130. The van der Waals surface area contributed by atoms with Gasteiger partial charge in [-0.05, 0) is 53.6 Å². The zero-order valence-corrected chi connectivity index (χ0v) is 19.2. The third-order valence-electron chi connectivity index (χ3n) is 6.47. The number of fused-ring (bicyclic) bond motifs is 1. The minimum atomic E-state index is -0.458. The number of rotatable bonds is 6. The largest absolute Gasteiger partial charge is 0.497 e. The number of hydrogen-bond donors (Lipinski definition) is 1. The number of ether oxygens (including phenoxy) is 3. The van der Waals surface area contributed by atoms with Crippen LogP contribution in [-0.4, -0.2) is 43.7 Å². The van der Waals surface area contributed by atoms with Gasteiger partial charge in [-0.25, -0.2) is 4.39 Å². The number of carbonyl (C=O) groups excluding carboxylic acids is 2. The van der Waals surface area contributed by atoms with Crippen LogP contribution in [-0.2, 0) is 11.3 Å². The third kappa shape index (κ3) is 4.77. The van der Waals surface area contributed by atoms with E-state index in [4.69, 9.17) is 14.2 Å². The van der Waals surface area contributed by atoms with Crippen molar-refractivity contribution >= 4 is 11.8 Å². The fourth-order valence-electron chi connectivity index (χ4n) is 4.58. The topological polar surface area (TPSA) is 77.1 Å². The Balaban J connectivity index is 1.37. The maximum atomic E-state index is 13.4. The molecule has 0 aromatic heterocycles. The summed E-state index contributed by atoms with van der Waals surface area (Å²) >= 11 is 0. The predicted molar refractivity (Wildman–Crippen MR) is 126 cm³/mol. The highest BCUT2D eigenvalue weighted by atomic mass is 19.1. The van der Waals surface area contributed by atoms with Crippen molar-refractivity contribution in [3.05, 3.63) is 89.2 Å². The Morgan fingerprint density at radius 1 is 1.03 bits per heavy atom. The molecule has 1 N–H and O–H groups in total. The molecule has 7 nitrogen and oxygen atoms in total. The van der Waals surface area contributed by atoms with E-state index < -0.39 is 5.92 Å². The van der Waals surface area contributed by atoms with Crippen LogP contribution in [0.25, 0.3) is 0 Å². The molecule has 2 aliphatic heterocycles. The summed E-state index contributed by atoms with van der Waals surface area (Å²) in [4.78, 5) is 28.4. The monoisotopic (exact) mass is 476 g/mol. The highest BCUT2D eigenvalue weighted by molar-refractivity contribution is 5.96. The average Bonchev–Trinajstić information content (AvgIpc) is 3.55. The number of nitrogens with zero attached hydrogens (tertiary/aromatic N) is 1. The van der Waals surface area contributed by atoms with Crippen LogP contribution >= 0.6 is 0 Å². The zero-order chi connectivity index (χ0) is 24.4. The maximum absolute atomic E-state index is 13.4. The van der Waals surface area contributed by atoms with Crippen molar-refractivity contribution in [3.63, 3.8) is 0 Å². The summed E-state index contributed by atoms with van der Waals surface area (Å²) in [5.41, 5.74) is 2.20. The van der Waals surface area contributed by atoms with Gasteiger partial charge in [0.2, 0.25) is 12.7 Å². The molecule has 2 amide bonds. The number of nitrogens with one attached hydrogen (secondary N) is 1. The Bertz CT molecular complexity index is 1250. The molecule has 35 heavy (non-hydrogen) atoms. The van der Waals surface area contributed by atoms with Crippen LogP contribution in [0.5, 0.6) is 17.2 Å². The van der Waals surface area contributed by atoms with Crippen LogP contribution in [0.15, 0.2) is 66.7 Å². The maximum Gasteiger partial charge on any atom is 0.254 e. The summed E-state index contributed by atoms with van der Waals surface area (Å²) < 4.78 is 29.3. The van der Waals surface area contributed by atoms with E-state index in [2.05, 4.69) is 5.32 Å². The van der Waals surface area contributed by atoms with Crippen molar-refractivity contribution in [2.45, 2.75) is 12.5 Å². The summed E-state index contributed by atoms with van der Waals surface area (Å²) in [7, 11) is 1.59. The van der Waals surface area contributed by atoms with Gasteiger partial charge in [-0.1, -0.05) is 24.3 Å². The molecule has 2 unspecified atom stereocenters. The molecule has 0 aliphatic carbocycles. The Labute approximate surface area is 202 Å². The van der Waals surface area contributed by atoms with Gasteiger partial charge in [0.05, 0.1) is 13.0 Å². The zero-order valence-electron chi connectivity index (χ0n) is 19.2. The second-order valence-corrected chi connectivity index (χ2v) is 8.61. The van der Waals surface area contributed by atoms with Crippen LogP contribution in [0.3, 0.4) is 0 Å². The number of likely N-dealkylation sites (tertiary alicyclic amines) is 1. The van der Waals surface area contributed by atoms with Crippen molar-refractivity contribution in [2.24, 2.45) is 5.92 Å². The molecule has 5 rings (SSSR count). The van der Waals surface area contributed by atoms with Crippen LogP contribution in [0.2, 0.25) is 0 Å². The second kappa shape index (κ2) is 9.66. The number of halogens is 1. The third-order valence-corrected chi connectivity index (χ3v) is 6.47. The van der Waals surface area contributed by atoms with Crippen molar-refractivity contribution in [2.75, 3.05) is 27.0 Å². The number of hydrogen-bond acceptors (Lipinski definition) is 5. The van der Waals surface area contributed by atoms with Gasteiger partial charge in [-0.15, -0.1) is 0 Å². The molecular weight excluding hydrogens is 451 g/mol. The van der Waals surface area contributed by atoms with Gasteiger partial charge in [0.25, 0.3) is 5.91 Å². The summed E-state index contributed by atoms with van der Waals surface area (Å²) in [6, 6.07) is 18.7. The molecule has 3 aromatic rings. The van der Waals surface area contributed by atoms with Gasteiger partial charge in [0.1, 0.15) is 11.6 Å². The standard InChI is InChI=1S/C27H25FN2O5/c1-33-21-4-2-3-18(11-21)22-14-30(27(32)19-7-10-24-25(12-19)35-16-34-24)15-23(22)26(31)29-13-17-5-8-20(28)9-6-17/h2-12,22-23H,13-16H2,1H3,(H,29,31). The molecule has 0 spiro atoms. The lowest BCUT2D eigenvalue weighted by Crippen LogP contribution is -2.35. The Kier molecular flexibility index (Phi) is 6.27. The van der Waals surface area contributed by atoms with E-state index in [1.807, 2.05) is 24.3 Å². The lowest BCUT2D eigenvalue weighted by atomic mass is 9.88. The first kappa shape index (κ1) is 22.7. The quantitative estimate of drug-likeness (QED) is 0.587. The molecule has 2 aliphatic rings. The van der Waals surface area contributed by atoms with E-state index in [0.717, 1.165) is 11.1 Å². The first-order valence-electron chi connectivity index (χ1n) is 11.4. The Hall–Kier alpha value is -4.07. The van der Waals surface area contributed by atoms with E-state index in [1.54, 1.807) is 42.3 Å². The molecule has 3 aromatic carbocycles. The Morgan fingerprint density at radius 3 is 2.63 bits per heavy atom. The summed E-state index contributed by atoms with van der Waals surface area (Å²) in [6.07, 6.45) is 0. The van der Waals surface area contributed by atoms with Crippen LogP contribution in [0, 0.1) is 11.7 Å². The SMILES string of the molecule is COc1cccc(C2CN(C(=O)c3ccc4c(c3)OCO4)CC2C(=O)NCc2ccc(F)cc2)c1. The van der Waals surface area contributed by atoms with Gasteiger partial charge < -0.3 is 24.4 Å². The summed E-state index contributed by atoms with van der Waals surface area (Å²) in [5.74, 6) is 0.494. The highest BCUT2D eigenvalue weighted by Crippen LogP contribution is 2.37. The normalized spacial score (nSPS) is 18.4. The molecule has 2 atom stereocenters. The van der Waals surface area contributed by atoms with Gasteiger partial charge in [-0.2, -0.15) is 0 Å². The molecular formula is C27H25FN2O5. The summed E-state index contributed by atoms with van der Waals surface area (Å²) in [5, 5.41) is 2.95. The van der Waals surface area contributed by atoms with Gasteiger partial charge in [0, 0.05) is 31.1 Å². The molecule has 8 heteroatoms. The number of benzene rings is 3. The van der Waals surface area contributed by atoms with Crippen molar-refractivity contribution in [1.29, 1.82) is 0 Å². The van der Waals surface area contributed by atoms with E-state index >= 15 is 0 Å². The molecule has 1 saturated heterocycles. The first-order chi connectivity index (χ1) is 17.0. The molecule has 1 fully saturated rings. The molecule has 0 saturated carbocycles. The fraction of sp³-hybridized carbons (Fsp3) is 0.259. The Morgan fingerprint density at radius 2 is 1.83 bits per heavy atom. The number of methoxy groups -OCH3 is 1. The fourth-order valence-corrected chi connectivity index (χ4v) is 4.58. The lowest BCUT2D eigenvalue weighted by molar-refractivity contribution is -0.125. The second-order valence-electron chi connectivity index (χ2n) is 8.61. The van der Waals surface area contributed by atoms with E-state index in [0.29, 0.717) is 29.4 Å². The molecule has 0 radical (unpaired) electrons.